The summed E-state index contributed by atoms with van der Waals surface area (Å²) in [6.45, 7) is 2.45. The highest BCUT2D eigenvalue weighted by atomic mass is 79.9. The average Bonchev–Trinajstić information content (AvgIpc) is 3.25. The first kappa shape index (κ1) is 20.4. The molecule has 0 saturated heterocycles. The maximum Gasteiger partial charge on any atom is 0.290 e. The molecular weight excluding hydrogens is 450 g/mol. The summed E-state index contributed by atoms with van der Waals surface area (Å²) in [7, 11) is 1.54. The predicted molar refractivity (Wildman–Crippen MR) is 115 cm³/mol. The van der Waals surface area contributed by atoms with Crippen LogP contribution in [-0.4, -0.2) is 42.0 Å². The Morgan fingerprint density at radius 3 is 2.77 bits per heavy atom. The smallest absolute Gasteiger partial charge is 0.290 e. The van der Waals surface area contributed by atoms with Gasteiger partial charge in [0.25, 0.3) is 5.91 Å². The van der Waals surface area contributed by atoms with E-state index >= 15 is 0 Å². The first-order valence-electron chi connectivity index (χ1n) is 9.44. The Labute approximate surface area is 181 Å². The number of methoxy groups -OCH3 is 1. The molecule has 6 nitrogen and oxygen atoms in total. The molecule has 0 saturated carbocycles. The van der Waals surface area contributed by atoms with Crippen LogP contribution in [0.15, 0.2) is 68.8 Å². The summed E-state index contributed by atoms with van der Waals surface area (Å²) in [6, 6.07) is 13.9. The number of benzene rings is 2. The lowest BCUT2D eigenvalue weighted by Gasteiger charge is -2.26. The lowest BCUT2D eigenvalue weighted by atomic mass is 9.94. The molecular formula is C23H20BrNO5. The highest BCUT2D eigenvalue weighted by Crippen LogP contribution is 2.39. The van der Waals surface area contributed by atoms with Gasteiger partial charge >= 0.3 is 0 Å². The Morgan fingerprint density at radius 2 is 2.03 bits per heavy atom. The molecule has 1 atom stereocenters. The van der Waals surface area contributed by atoms with Crippen molar-refractivity contribution in [1.82, 2.24) is 4.90 Å². The molecule has 4 rings (SSSR count). The second-order valence-electron chi connectivity index (χ2n) is 7.19. The van der Waals surface area contributed by atoms with Gasteiger partial charge in [-0.2, -0.15) is 0 Å². The standard InChI is InChI=1S/C23H20BrNO5/c1-13-4-3-5-14(10-13)20-19(22(27)23(28)25(20)8-9-29-2)21(26)18-12-15-11-16(24)6-7-17(15)30-18/h3-7,10-12,20,27H,8-9H2,1-2H3. The Kier molecular flexibility index (Phi) is 5.49. The lowest BCUT2D eigenvalue weighted by molar-refractivity contribution is -0.130. The van der Waals surface area contributed by atoms with E-state index in [4.69, 9.17) is 9.15 Å². The number of ketones is 1. The van der Waals surface area contributed by atoms with E-state index in [0.29, 0.717) is 5.58 Å². The van der Waals surface area contributed by atoms with E-state index in [9.17, 15) is 14.7 Å². The number of fused-ring (bicyclic) bond motifs is 1. The van der Waals surface area contributed by atoms with Crippen LogP contribution >= 0.6 is 15.9 Å². The van der Waals surface area contributed by atoms with Crippen LogP contribution in [0.25, 0.3) is 11.0 Å². The molecule has 1 N–H and O–H groups in total. The molecule has 0 aliphatic carbocycles. The quantitative estimate of drug-likeness (QED) is 0.527. The fourth-order valence-electron chi connectivity index (χ4n) is 3.75. The molecule has 1 aromatic heterocycles. The summed E-state index contributed by atoms with van der Waals surface area (Å²) in [6.07, 6.45) is 0. The molecule has 154 valence electrons. The largest absolute Gasteiger partial charge is 0.503 e. The first-order valence-corrected chi connectivity index (χ1v) is 10.2. The third kappa shape index (κ3) is 3.55. The lowest BCUT2D eigenvalue weighted by Crippen LogP contribution is -2.34. The van der Waals surface area contributed by atoms with Crippen molar-refractivity contribution in [3.05, 3.63) is 81.2 Å². The van der Waals surface area contributed by atoms with Gasteiger partial charge in [0.2, 0.25) is 5.78 Å². The minimum atomic E-state index is -0.722. The summed E-state index contributed by atoms with van der Waals surface area (Å²) in [4.78, 5) is 27.7. The van der Waals surface area contributed by atoms with Crippen molar-refractivity contribution >= 4 is 38.6 Å². The number of nitrogens with zero attached hydrogens (tertiary/aromatic N) is 1. The monoisotopic (exact) mass is 469 g/mol. The van der Waals surface area contributed by atoms with Gasteiger partial charge in [-0.15, -0.1) is 0 Å². The van der Waals surface area contributed by atoms with E-state index in [1.54, 1.807) is 12.1 Å². The highest BCUT2D eigenvalue weighted by Gasteiger charge is 2.44. The van der Waals surface area contributed by atoms with Crippen LogP contribution < -0.4 is 0 Å². The van der Waals surface area contributed by atoms with Gasteiger partial charge < -0.3 is 19.2 Å². The van der Waals surface area contributed by atoms with E-state index in [1.165, 1.54) is 12.0 Å². The molecule has 0 spiro atoms. The molecule has 7 heteroatoms. The maximum atomic E-state index is 13.4. The maximum absolute atomic E-state index is 13.4. The van der Waals surface area contributed by atoms with Crippen molar-refractivity contribution in [2.45, 2.75) is 13.0 Å². The molecule has 0 bridgehead atoms. The highest BCUT2D eigenvalue weighted by molar-refractivity contribution is 9.10. The van der Waals surface area contributed by atoms with Crippen LogP contribution in [-0.2, 0) is 9.53 Å². The van der Waals surface area contributed by atoms with Crippen LogP contribution in [0.2, 0.25) is 0 Å². The SMILES string of the molecule is COCCN1C(=O)C(O)=C(C(=O)c2cc3cc(Br)ccc3o2)C1c1cccc(C)c1. The molecule has 30 heavy (non-hydrogen) atoms. The number of halogens is 1. The molecule has 1 unspecified atom stereocenters. The van der Waals surface area contributed by atoms with E-state index in [2.05, 4.69) is 15.9 Å². The van der Waals surface area contributed by atoms with Crippen molar-refractivity contribution in [2.24, 2.45) is 0 Å². The van der Waals surface area contributed by atoms with Gasteiger partial charge in [0.15, 0.2) is 11.5 Å². The van der Waals surface area contributed by atoms with Crippen LogP contribution in [0.1, 0.15) is 27.7 Å². The summed E-state index contributed by atoms with van der Waals surface area (Å²) < 4.78 is 11.7. The number of aryl methyl sites for hydroxylation is 1. The van der Waals surface area contributed by atoms with Gasteiger partial charge in [-0.3, -0.25) is 9.59 Å². The third-order valence-corrected chi connectivity index (χ3v) is 5.64. The van der Waals surface area contributed by atoms with Gasteiger partial charge in [0.05, 0.1) is 18.2 Å². The summed E-state index contributed by atoms with van der Waals surface area (Å²) in [5.74, 6) is -1.59. The number of hydrogen-bond acceptors (Lipinski definition) is 5. The number of aliphatic hydroxyl groups is 1. The molecule has 0 fully saturated rings. The van der Waals surface area contributed by atoms with Crippen molar-refractivity contribution in [3.63, 3.8) is 0 Å². The zero-order valence-corrected chi connectivity index (χ0v) is 18.1. The second kappa shape index (κ2) is 8.08. The van der Waals surface area contributed by atoms with Crippen LogP contribution in [0, 0.1) is 6.92 Å². The third-order valence-electron chi connectivity index (χ3n) is 5.14. The van der Waals surface area contributed by atoms with E-state index in [0.717, 1.165) is 21.0 Å². The van der Waals surface area contributed by atoms with Gasteiger partial charge in [-0.05, 0) is 36.8 Å². The Balaban J connectivity index is 1.81. The number of furan rings is 1. The van der Waals surface area contributed by atoms with E-state index in [-0.39, 0.29) is 24.5 Å². The van der Waals surface area contributed by atoms with Crippen LogP contribution in [0.4, 0.5) is 0 Å². The molecule has 1 aliphatic heterocycles. The normalized spacial score (nSPS) is 16.7. The number of Topliss-reactive ketones (excluding diaryl/α,β-unsaturated/α-hetero) is 1. The summed E-state index contributed by atoms with van der Waals surface area (Å²) in [5, 5.41) is 11.4. The first-order chi connectivity index (χ1) is 14.4. The number of amides is 1. The minimum absolute atomic E-state index is 0.0137. The number of carbonyl (C=O) groups excluding carboxylic acids is 2. The van der Waals surface area contributed by atoms with E-state index < -0.39 is 23.5 Å². The molecule has 1 aliphatic rings. The molecule has 1 amide bonds. The Morgan fingerprint density at radius 1 is 1.23 bits per heavy atom. The van der Waals surface area contributed by atoms with Gasteiger partial charge in [-0.1, -0.05) is 45.8 Å². The Hall–Kier alpha value is -2.90. The van der Waals surface area contributed by atoms with Crippen molar-refractivity contribution in [3.8, 4) is 0 Å². The fraction of sp³-hybridized carbons (Fsp3) is 0.217. The molecule has 2 heterocycles. The van der Waals surface area contributed by atoms with Crippen LogP contribution in [0.5, 0.6) is 0 Å². The topological polar surface area (TPSA) is 80.0 Å². The van der Waals surface area contributed by atoms with Gasteiger partial charge in [0.1, 0.15) is 5.58 Å². The van der Waals surface area contributed by atoms with Crippen molar-refractivity contribution < 1.29 is 23.8 Å². The zero-order chi connectivity index (χ0) is 21.4. The van der Waals surface area contributed by atoms with E-state index in [1.807, 2.05) is 43.3 Å². The predicted octanol–water partition coefficient (Wildman–Crippen LogP) is 4.73. The van der Waals surface area contributed by atoms with Crippen molar-refractivity contribution in [1.29, 1.82) is 0 Å². The van der Waals surface area contributed by atoms with Crippen molar-refractivity contribution in [2.75, 3.05) is 20.3 Å². The number of rotatable bonds is 6. The van der Waals surface area contributed by atoms with Gasteiger partial charge in [-0.25, -0.2) is 0 Å². The second-order valence-corrected chi connectivity index (χ2v) is 8.11. The number of carbonyl (C=O) groups is 2. The zero-order valence-electron chi connectivity index (χ0n) is 16.5. The average molecular weight is 470 g/mol. The molecule has 3 aromatic rings. The van der Waals surface area contributed by atoms with Crippen LogP contribution in [0.3, 0.4) is 0 Å². The minimum Gasteiger partial charge on any atom is -0.503 e. The fourth-order valence-corrected chi connectivity index (χ4v) is 4.13. The Bertz CT molecular complexity index is 1180. The number of ether oxygens (including phenoxy) is 1. The number of aliphatic hydroxyl groups excluding tert-OH is 1. The number of hydrogen-bond donors (Lipinski definition) is 1. The molecule has 2 aromatic carbocycles. The van der Waals surface area contributed by atoms with Gasteiger partial charge in [0, 0.05) is 23.5 Å². The summed E-state index contributed by atoms with van der Waals surface area (Å²) in [5.41, 5.74) is 2.29. The molecule has 0 radical (unpaired) electrons. The summed E-state index contributed by atoms with van der Waals surface area (Å²) >= 11 is 3.40.